The largest absolute Gasteiger partial charge is 0.490 e. The lowest BCUT2D eigenvalue weighted by Crippen LogP contribution is -2.64. The average molecular weight is 1700 g/mol. The Labute approximate surface area is 659 Å². The fourth-order valence-electron chi connectivity index (χ4n) is 10.2. The summed E-state index contributed by atoms with van der Waals surface area (Å²) in [6.07, 6.45) is -19.8. The molecule has 15 atom stereocenters. The lowest BCUT2D eigenvalue weighted by atomic mass is 9.95. The molecule has 0 saturated carbocycles. The van der Waals surface area contributed by atoms with Gasteiger partial charge < -0.3 is 111 Å². The summed E-state index contributed by atoms with van der Waals surface area (Å²) in [5, 5.41) is 74.6. The van der Waals surface area contributed by atoms with Crippen LogP contribution in [-0.2, 0) is 76.6 Å². The number of nitrogens with zero attached hydrogens (tertiary/aromatic N) is 1. The molecule has 1 aliphatic rings. The van der Waals surface area contributed by atoms with Gasteiger partial charge in [0.25, 0.3) is 5.91 Å². The highest BCUT2D eigenvalue weighted by Crippen LogP contribution is 2.26. The number of nitrogens with one attached hydrogen (secondary N) is 11. The third kappa shape index (κ3) is 36.5. The van der Waals surface area contributed by atoms with E-state index < -0.39 is 217 Å². The van der Waals surface area contributed by atoms with Crippen molar-refractivity contribution >= 4 is 117 Å². The van der Waals surface area contributed by atoms with Gasteiger partial charge in [0, 0.05) is 16.7 Å². The molecule has 0 radical (unpaired) electrons. The summed E-state index contributed by atoms with van der Waals surface area (Å²) in [7, 11) is 0. The number of alkyl halides is 6. The first-order chi connectivity index (χ1) is 52.8. The first-order valence-electron chi connectivity index (χ1n) is 35.4. The monoisotopic (exact) mass is 1700 g/mol. The highest BCUT2D eigenvalue weighted by Gasteiger charge is 2.45. The number of anilines is 1. The summed E-state index contributed by atoms with van der Waals surface area (Å²) >= 11 is 3.25. The van der Waals surface area contributed by atoms with Crippen LogP contribution in [0.4, 0.5) is 36.8 Å². The maximum atomic E-state index is 15.5. The predicted molar refractivity (Wildman–Crippen MR) is 396 cm³/mol. The van der Waals surface area contributed by atoms with Crippen LogP contribution < -0.4 is 81.4 Å². The van der Waals surface area contributed by atoms with Crippen molar-refractivity contribution in [3.8, 4) is 0 Å². The van der Waals surface area contributed by atoms with Crippen LogP contribution >= 0.6 is 15.9 Å². The number of hydrogen-bond donors (Lipinski definition) is 20. The highest BCUT2D eigenvalue weighted by molar-refractivity contribution is 9.10. The first kappa shape index (κ1) is 101. The van der Waals surface area contributed by atoms with Gasteiger partial charge >= 0.3 is 36.4 Å². The van der Waals surface area contributed by atoms with Crippen LogP contribution in [-0.4, -0.2) is 231 Å². The second-order valence-electron chi connectivity index (χ2n) is 27.7. The molecule has 2 aromatic rings. The van der Waals surface area contributed by atoms with Crippen LogP contribution in [0, 0.1) is 29.6 Å². The number of aliphatic carboxylic acids is 2. The van der Waals surface area contributed by atoms with Crippen LogP contribution in [0.1, 0.15) is 126 Å². The molecule has 1 heterocycles. The Morgan fingerprint density at radius 1 is 0.640 bits per heavy atom. The Morgan fingerprint density at radius 3 is 1.65 bits per heavy atom. The third-order valence-electron chi connectivity index (χ3n) is 16.2. The number of ether oxygens (including phenoxy) is 2. The van der Waals surface area contributed by atoms with E-state index in [2.05, 4.69) is 79.4 Å². The lowest BCUT2D eigenvalue weighted by molar-refractivity contribution is -0.193. The maximum absolute atomic E-state index is 15.5. The van der Waals surface area contributed by atoms with Crippen molar-refractivity contribution < 1.29 is 133 Å². The van der Waals surface area contributed by atoms with E-state index in [1.54, 1.807) is 47.6 Å². The Morgan fingerprint density at radius 2 is 1.16 bits per heavy atom. The Hall–Kier alpha value is -10.5. The van der Waals surface area contributed by atoms with Crippen LogP contribution in [0.25, 0.3) is 0 Å². The fourth-order valence-corrected chi connectivity index (χ4v) is 10.6. The van der Waals surface area contributed by atoms with E-state index in [-0.39, 0.29) is 74.1 Å². The molecular formula is C69H103BrF6N16O22. The van der Waals surface area contributed by atoms with Crippen molar-refractivity contribution in [3.63, 3.8) is 0 Å². The van der Waals surface area contributed by atoms with Crippen LogP contribution in [0.5, 0.6) is 0 Å². The SMILES string of the molecule is CC[C@H](C)[C@@H]1NC(=O)[C@@H](CCCN=C(N)N)NC(=O)[C@H](CC(C)C)NC(=O)[C@H]([C@H](O)C(C)C)NC(=O)[C@@H](NC(=O)[C@H](CC(C)C)NC(=O)[C@H](N)CC(C)C)[C@@H](c2ccccc2)OC(=O)[C@H](CO)NC(=O)[C@H]([C@H](OC(=O)Nc2cccc(Br)c2)C(N)=O)NC(=O)CNC(=O)[C@H]([C@H](C)O)NC1=O.O=C(O)C(F)(F)F.O=C(O)C(F)(F)F. The quantitative estimate of drug-likeness (QED) is 0.0183. The molecule has 1 fully saturated rings. The van der Waals surface area contributed by atoms with Crippen LogP contribution in [0.3, 0.4) is 0 Å². The molecule has 0 spiro atoms. The minimum atomic E-state index is -5.08. The summed E-state index contributed by atoms with van der Waals surface area (Å²) < 4.78 is 75.3. The second-order valence-corrected chi connectivity index (χ2v) is 28.6. The van der Waals surface area contributed by atoms with Gasteiger partial charge in [-0.15, -0.1) is 0 Å². The van der Waals surface area contributed by atoms with Gasteiger partial charge in [0.15, 0.2) is 24.1 Å². The molecule has 0 aliphatic carbocycles. The predicted octanol–water partition coefficient (Wildman–Crippen LogP) is -1.15. The first-order valence-corrected chi connectivity index (χ1v) is 36.2. The zero-order valence-corrected chi connectivity index (χ0v) is 65.7. The number of aliphatic imine (C=N–C) groups is 1. The van der Waals surface area contributed by atoms with Gasteiger partial charge in [0.1, 0.15) is 42.3 Å². The molecule has 0 bridgehead atoms. The molecule has 45 heteroatoms. The molecule has 1 aliphatic heterocycles. The molecule has 114 heavy (non-hydrogen) atoms. The number of nitrogens with two attached hydrogens (primary N) is 4. The number of halogens is 7. The third-order valence-corrected chi connectivity index (χ3v) is 16.7. The van der Waals surface area contributed by atoms with Crippen molar-refractivity contribution in [1.29, 1.82) is 0 Å². The van der Waals surface area contributed by atoms with E-state index in [0.29, 0.717) is 4.47 Å². The second kappa shape index (κ2) is 48.5. The number of aliphatic hydroxyl groups is 3. The number of guanidine groups is 1. The van der Waals surface area contributed by atoms with Crippen molar-refractivity contribution in [1.82, 2.24) is 53.2 Å². The Balaban J connectivity index is 0.00000422. The van der Waals surface area contributed by atoms with Gasteiger partial charge in [0.05, 0.1) is 31.4 Å². The molecule has 2 aromatic carbocycles. The maximum Gasteiger partial charge on any atom is 0.490 e. The molecule has 24 N–H and O–H groups in total. The molecule has 3 rings (SSSR count). The number of aliphatic hydroxyl groups excluding tert-OH is 3. The average Bonchev–Trinajstić information content (AvgIpc) is 0.813. The lowest BCUT2D eigenvalue weighted by Gasteiger charge is -2.34. The standard InChI is InChI=1S/C65H101BrN16O18.2C2HF3O2/c1-12-34(10)45-59(93)80-46(35(11)84)58(92)72-28-44(85)78-49(52(53(68)87)100-65(98)73-38-21-16-20-37(66)27-38)61(95)77-43(29-83)63(97)99-51(36-18-14-13-15-19-36)48(82-57(91)42(26-32(6)7)75-54(88)39(67)24-30(2)3)62(96)81-47(50(86)33(8)9)60(94)76-41(25-31(4)5)56(90)74-40(55(89)79-45)22-17-23-71-64(69)70;2*3-2(4,5)1(6)7/h13-16,18-21,27,30-35,39-43,45-52,83-84,86H,12,17,22-26,28-29,67H2,1-11H3,(H2,68,87)(H,72,92)(H,73,98)(H,74,90)(H,75,88)(H,76,94)(H,77,95)(H,78,85)(H,79,89)(H,80,93)(H,81,96)(H,82,91)(H4,69,70,71);2*(H,6,7)/t34-,35-,39+,40+,41-,42-,43-,45-,46-,47-,48-,49-,50+,51+,52-;;/m0../s1. The van der Waals surface area contributed by atoms with Gasteiger partial charge in [-0.2, -0.15) is 26.3 Å². The number of benzene rings is 2. The number of esters is 1. The van der Waals surface area contributed by atoms with Gasteiger partial charge in [-0.25, -0.2) is 19.2 Å². The van der Waals surface area contributed by atoms with Crippen LogP contribution in [0.2, 0.25) is 0 Å². The van der Waals surface area contributed by atoms with Crippen LogP contribution in [0.15, 0.2) is 64.1 Å². The van der Waals surface area contributed by atoms with E-state index in [1.165, 1.54) is 62.4 Å². The minimum Gasteiger partial charge on any atom is -0.475 e. The smallest absolute Gasteiger partial charge is 0.475 e. The zero-order chi connectivity index (χ0) is 87.6. The summed E-state index contributed by atoms with van der Waals surface area (Å²) in [4.78, 5) is 209. The van der Waals surface area contributed by atoms with E-state index in [9.17, 15) is 94.4 Å². The van der Waals surface area contributed by atoms with E-state index in [0.717, 1.165) is 6.92 Å². The summed E-state index contributed by atoms with van der Waals surface area (Å²) in [6, 6.07) is -5.30. The number of primary amides is 1. The van der Waals surface area contributed by atoms with Gasteiger partial charge in [0.2, 0.25) is 65.2 Å². The summed E-state index contributed by atoms with van der Waals surface area (Å²) in [6.45, 7) is 15.1. The molecule has 12 amide bonds. The van der Waals surface area contributed by atoms with Crippen molar-refractivity contribution in [2.45, 2.75) is 212 Å². The minimum absolute atomic E-state index is 0.0294. The number of carboxylic acid groups (broad SMARTS) is 2. The van der Waals surface area contributed by atoms with Gasteiger partial charge in [-0.1, -0.05) is 128 Å². The molecule has 0 unspecified atom stereocenters. The summed E-state index contributed by atoms with van der Waals surface area (Å²) in [5.41, 5.74) is 23.1. The Kier molecular flexibility index (Phi) is 43.2. The number of hydrogen-bond acceptors (Lipinski definition) is 22. The number of carboxylic acids is 2. The topological polar surface area (TPSA) is 624 Å². The number of carbonyl (C=O) groups excluding carboxylic acids is 13. The van der Waals surface area contributed by atoms with E-state index >= 15 is 9.59 Å². The number of cyclic esters (lactones) is 1. The number of amides is 12. The van der Waals surface area contributed by atoms with E-state index in [1.807, 2.05) is 13.8 Å². The highest BCUT2D eigenvalue weighted by atomic mass is 79.9. The van der Waals surface area contributed by atoms with Gasteiger partial charge in [-0.3, -0.25) is 63.0 Å². The number of rotatable bonds is 25. The van der Waals surface area contributed by atoms with Gasteiger partial charge in [-0.05, 0) is 92.4 Å². The molecule has 1 saturated heterocycles. The fraction of sp³-hybridized carbons (Fsp3) is 0.594. The number of carbonyl (C=O) groups is 15. The molecule has 38 nitrogen and oxygen atoms in total. The Bertz CT molecular complexity index is 3610. The normalized spacial score (nSPS) is 21.8. The van der Waals surface area contributed by atoms with E-state index in [4.69, 9.17) is 52.2 Å². The van der Waals surface area contributed by atoms with Crippen molar-refractivity contribution in [3.05, 3.63) is 64.6 Å². The molecule has 0 aromatic heterocycles. The molecule has 640 valence electrons. The zero-order valence-electron chi connectivity index (χ0n) is 64.1. The van der Waals surface area contributed by atoms with Crippen molar-refractivity contribution in [2.75, 3.05) is 25.0 Å². The molecular weight excluding hydrogens is 1600 g/mol. The van der Waals surface area contributed by atoms with Crippen molar-refractivity contribution in [2.24, 2.45) is 57.5 Å². The summed E-state index contributed by atoms with van der Waals surface area (Å²) in [5.74, 6) is -23.1.